The average molecular weight is 327 g/mol. The highest BCUT2D eigenvalue weighted by Gasteiger charge is 2.17. The van der Waals surface area contributed by atoms with Crippen molar-refractivity contribution in [3.05, 3.63) is 46.7 Å². The summed E-state index contributed by atoms with van der Waals surface area (Å²) in [6.45, 7) is 0. The van der Waals surface area contributed by atoms with E-state index in [-0.39, 0.29) is 6.04 Å². The molecule has 2 rings (SSSR count). The van der Waals surface area contributed by atoms with Crippen LogP contribution in [0.5, 0.6) is 0 Å². The van der Waals surface area contributed by atoms with Crippen molar-refractivity contribution in [2.24, 2.45) is 12.9 Å². The molecule has 0 fully saturated rings. The number of hydrazine groups is 1. The van der Waals surface area contributed by atoms with Gasteiger partial charge in [0, 0.05) is 17.7 Å². The first kappa shape index (κ1) is 13.6. The minimum Gasteiger partial charge on any atom is -0.271 e. The fourth-order valence-electron chi connectivity index (χ4n) is 1.71. The van der Waals surface area contributed by atoms with Crippen LogP contribution in [0.2, 0.25) is 0 Å². The first-order chi connectivity index (χ1) is 8.72. The first-order valence-electron chi connectivity index (χ1n) is 5.53. The van der Waals surface area contributed by atoms with Crippen molar-refractivity contribution in [1.29, 1.82) is 0 Å². The summed E-state index contributed by atoms with van der Waals surface area (Å²) >= 11 is 5.26. The van der Waals surface area contributed by atoms with Gasteiger partial charge in [-0.15, -0.1) is 11.8 Å². The molecular weight excluding hydrogens is 312 g/mol. The van der Waals surface area contributed by atoms with Crippen molar-refractivity contribution in [2.75, 3.05) is 5.75 Å². The number of nitrogens with two attached hydrogens (primary N) is 1. The Balaban J connectivity index is 2.07. The van der Waals surface area contributed by atoms with Crippen LogP contribution in [-0.4, -0.2) is 15.5 Å². The minimum atomic E-state index is 0.0529. The second-order valence-electron chi connectivity index (χ2n) is 3.84. The van der Waals surface area contributed by atoms with Gasteiger partial charge in [-0.3, -0.25) is 16.0 Å². The number of nitrogens with zero attached hydrogens (tertiary/aromatic N) is 2. The lowest BCUT2D eigenvalue weighted by Gasteiger charge is -2.16. The molecule has 2 aromatic rings. The molecule has 0 spiro atoms. The highest BCUT2D eigenvalue weighted by molar-refractivity contribution is 9.10. The molecule has 4 nitrogen and oxygen atoms in total. The molecule has 1 unspecified atom stereocenters. The van der Waals surface area contributed by atoms with Gasteiger partial charge in [0.25, 0.3) is 0 Å². The standard InChI is InChI=1S/C12H15BrN4S/c1-17-12(10(13)7-15-17)11(16-14)8-18-9-5-3-2-4-6-9/h2-7,11,16H,8,14H2,1H3. The summed E-state index contributed by atoms with van der Waals surface area (Å²) in [4.78, 5) is 1.23. The van der Waals surface area contributed by atoms with Crippen molar-refractivity contribution in [1.82, 2.24) is 15.2 Å². The fourth-order valence-corrected chi connectivity index (χ4v) is 3.30. The molecule has 1 aromatic heterocycles. The maximum atomic E-state index is 5.64. The fraction of sp³-hybridized carbons (Fsp3) is 0.250. The largest absolute Gasteiger partial charge is 0.271 e. The van der Waals surface area contributed by atoms with E-state index in [2.05, 4.69) is 38.6 Å². The lowest BCUT2D eigenvalue weighted by molar-refractivity contribution is 0.552. The number of aromatic nitrogens is 2. The summed E-state index contributed by atoms with van der Waals surface area (Å²) in [6.07, 6.45) is 1.78. The van der Waals surface area contributed by atoms with Gasteiger partial charge in [0.15, 0.2) is 0 Å². The Morgan fingerprint density at radius 1 is 1.44 bits per heavy atom. The highest BCUT2D eigenvalue weighted by Crippen LogP contribution is 2.28. The van der Waals surface area contributed by atoms with E-state index < -0.39 is 0 Å². The minimum absolute atomic E-state index is 0.0529. The molecule has 0 aliphatic heterocycles. The predicted molar refractivity (Wildman–Crippen MR) is 78.1 cm³/mol. The third-order valence-electron chi connectivity index (χ3n) is 2.63. The third-order valence-corrected chi connectivity index (χ3v) is 4.35. The molecule has 6 heteroatoms. The van der Waals surface area contributed by atoms with Crippen molar-refractivity contribution in [2.45, 2.75) is 10.9 Å². The Labute approximate surface area is 119 Å². The van der Waals surface area contributed by atoms with E-state index in [9.17, 15) is 0 Å². The van der Waals surface area contributed by atoms with Crippen LogP contribution in [0.15, 0.2) is 45.9 Å². The maximum absolute atomic E-state index is 5.64. The Morgan fingerprint density at radius 2 is 2.17 bits per heavy atom. The van der Waals surface area contributed by atoms with Crippen LogP contribution in [-0.2, 0) is 7.05 Å². The van der Waals surface area contributed by atoms with E-state index in [0.29, 0.717) is 0 Å². The normalized spacial score (nSPS) is 12.6. The zero-order valence-electron chi connectivity index (χ0n) is 10.0. The molecule has 1 heterocycles. The van der Waals surface area contributed by atoms with E-state index in [1.165, 1.54) is 4.90 Å². The smallest absolute Gasteiger partial charge is 0.0734 e. The molecule has 18 heavy (non-hydrogen) atoms. The Kier molecular flexibility index (Phi) is 4.82. The van der Waals surface area contributed by atoms with Crippen LogP contribution in [0.4, 0.5) is 0 Å². The highest BCUT2D eigenvalue weighted by atomic mass is 79.9. The quantitative estimate of drug-likeness (QED) is 0.503. The van der Waals surface area contributed by atoms with Crippen LogP contribution in [0.25, 0.3) is 0 Å². The van der Waals surface area contributed by atoms with E-state index in [0.717, 1.165) is 15.9 Å². The zero-order valence-corrected chi connectivity index (χ0v) is 12.4. The van der Waals surface area contributed by atoms with Gasteiger partial charge in [0.05, 0.1) is 22.4 Å². The molecule has 0 bridgehead atoms. The summed E-state index contributed by atoms with van der Waals surface area (Å²) in [5, 5.41) is 4.20. The molecule has 1 aromatic carbocycles. The number of aryl methyl sites for hydroxylation is 1. The molecule has 0 radical (unpaired) electrons. The van der Waals surface area contributed by atoms with Crippen LogP contribution in [0.3, 0.4) is 0 Å². The van der Waals surface area contributed by atoms with E-state index in [4.69, 9.17) is 5.84 Å². The van der Waals surface area contributed by atoms with E-state index in [1.54, 1.807) is 18.0 Å². The van der Waals surface area contributed by atoms with Gasteiger partial charge in [-0.2, -0.15) is 5.10 Å². The molecule has 0 aliphatic rings. The Hall–Kier alpha value is -0.820. The number of benzene rings is 1. The van der Waals surface area contributed by atoms with Crippen LogP contribution in [0, 0.1) is 0 Å². The van der Waals surface area contributed by atoms with Gasteiger partial charge in [0.2, 0.25) is 0 Å². The number of hydrogen-bond donors (Lipinski definition) is 2. The zero-order chi connectivity index (χ0) is 13.0. The van der Waals surface area contributed by atoms with Crippen molar-refractivity contribution >= 4 is 27.7 Å². The van der Waals surface area contributed by atoms with Crippen LogP contribution >= 0.6 is 27.7 Å². The summed E-state index contributed by atoms with van der Waals surface area (Å²) in [5.74, 6) is 6.49. The number of hydrogen-bond acceptors (Lipinski definition) is 4. The van der Waals surface area contributed by atoms with E-state index >= 15 is 0 Å². The second kappa shape index (κ2) is 6.38. The van der Waals surface area contributed by atoms with Crippen LogP contribution in [0.1, 0.15) is 11.7 Å². The predicted octanol–water partition coefficient (Wildman–Crippen LogP) is 2.48. The number of rotatable bonds is 5. The Bertz CT molecular complexity index is 481. The molecule has 0 aliphatic carbocycles. The monoisotopic (exact) mass is 326 g/mol. The molecule has 0 saturated carbocycles. The summed E-state index contributed by atoms with van der Waals surface area (Å²) in [7, 11) is 1.91. The average Bonchev–Trinajstić information content (AvgIpc) is 2.73. The van der Waals surface area contributed by atoms with Gasteiger partial charge in [-0.05, 0) is 28.1 Å². The lowest BCUT2D eigenvalue weighted by atomic mass is 10.2. The lowest BCUT2D eigenvalue weighted by Crippen LogP contribution is -2.31. The van der Waals surface area contributed by atoms with Crippen LogP contribution < -0.4 is 11.3 Å². The van der Waals surface area contributed by atoms with Crippen molar-refractivity contribution < 1.29 is 0 Å². The first-order valence-corrected chi connectivity index (χ1v) is 7.31. The topological polar surface area (TPSA) is 55.9 Å². The summed E-state index contributed by atoms with van der Waals surface area (Å²) < 4.78 is 2.81. The molecule has 96 valence electrons. The van der Waals surface area contributed by atoms with E-state index in [1.807, 2.05) is 29.9 Å². The SMILES string of the molecule is Cn1ncc(Br)c1C(CSc1ccccc1)NN. The molecular formula is C12H15BrN4S. The Morgan fingerprint density at radius 3 is 2.72 bits per heavy atom. The second-order valence-corrected chi connectivity index (χ2v) is 5.79. The molecule has 0 amide bonds. The van der Waals surface area contributed by atoms with Gasteiger partial charge >= 0.3 is 0 Å². The van der Waals surface area contributed by atoms with Crippen molar-refractivity contribution in [3.8, 4) is 0 Å². The summed E-state index contributed by atoms with van der Waals surface area (Å²) in [5.41, 5.74) is 3.90. The third kappa shape index (κ3) is 3.14. The number of nitrogens with one attached hydrogen (secondary N) is 1. The van der Waals surface area contributed by atoms with Gasteiger partial charge in [0.1, 0.15) is 0 Å². The maximum Gasteiger partial charge on any atom is 0.0734 e. The number of halogens is 1. The summed E-state index contributed by atoms with van der Waals surface area (Å²) in [6, 6.07) is 10.3. The molecule has 0 saturated heterocycles. The molecule has 3 N–H and O–H groups in total. The van der Waals surface area contributed by atoms with Gasteiger partial charge in [-0.1, -0.05) is 18.2 Å². The molecule has 1 atom stereocenters. The number of thioether (sulfide) groups is 1. The van der Waals surface area contributed by atoms with Crippen molar-refractivity contribution in [3.63, 3.8) is 0 Å². The van der Waals surface area contributed by atoms with Gasteiger partial charge in [-0.25, -0.2) is 0 Å². The van der Waals surface area contributed by atoms with Gasteiger partial charge < -0.3 is 0 Å².